The van der Waals surface area contributed by atoms with Crippen LogP contribution in [0.2, 0.25) is 0 Å². The van der Waals surface area contributed by atoms with Gasteiger partial charge >= 0.3 is 0 Å². The third kappa shape index (κ3) is 5.04. The van der Waals surface area contributed by atoms with Gasteiger partial charge in [-0.15, -0.1) is 0 Å². The lowest BCUT2D eigenvalue weighted by Crippen LogP contribution is -2.24. The van der Waals surface area contributed by atoms with Crippen molar-refractivity contribution in [2.75, 3.05) is 12.4 Å². The molecule has 0 spiro atoms. The molecule has 0 fully saturated rings. The molecule has 0 saturated carbocycles. The third-order valence-corrected chi connectivity index (χ3v) is 4.05. The van der Waals surface area contributed by atoms with E-state index in [0.29, 0.717) is 12.1 Å². The van der Waals surface area contributed by atoms with Gasteiger partial charge in [0.25, 0.3) is 5.91 Å². The molecule has 5 nitrogen and oxygen atoms in total. The zero-order valence-electron chi connectivity index (χ0n) is 14.9. The molecule has 3 aromatic rings. The number of carbonyl (C=O) groups excluding carboxylic acids is 1. The molecule has 1 heterocycles. The van der Waals surface area contributed by atoms with Gasteiger partial charge in [0.1, 0.15) is 17.3 Å². The summed E-state index contributed by atoms with van der Waals surface area (Å²) in [7, 11) is 1.63. The topological polar surface area (TPSA) is 63.2 Å². The zero-order chi connectivity index (χ0) is 19.1. The van der Waals surface area contributed by atoms with Crippen molar-refractivity contribution in [2.24, 2.45) is 0 Å². The van der Waals surface area contributed by atoms with Crippen LogP contribution in [0.1, 0.15) is 21.6 Å². The maximum Gasteiger partial charge on any atom is 0.270 e. The van der Waals surface area contributed by atoms with Crippen molar-refractivity contribution in [1.82, 2.24) is 10.3 Å². The predicted molar refractivity (Wildman–Crippen MR) is 102 cm³/mol. The first-order valence-electron chi connectivity index (χ1n) is 8.50. The Balaban J connectivity index is 1.58. The summed E-state index contributed by atoms with van der Waals surface area (Å²) in [6.07, 6.45) is 1.56. The lowest BCUT2D eigenvalue weighted by molar-refractivity contribution is 0.0945. The number of amides is 1. The number of hydrogen-bond donors (Lipinski definition) is 2. The van der Waals surface area contributed by atoms with Gasteiger partial charge in [-0.2, -0.15) is 0 Å². The Hall–Kier alpha value is -3.41. The van der Waals surface area contributed by atoms with Gasteiger partial charge in [-0.3, -0.25) is 9.78 Å². The molecule has 0 bridgehead atoms. The third-order valence-electron chi connectivity index (χ3n) is 4.05. The average molecular weight is 365 g/mol. The fraction of sp³-hybridized carbons (Fsp3) is 0.143. The molecule has 0 saturated heterocycles. The first-order valence-corrected chi connectivity index (χ1v) is 8.50. The number of anilines is 1. The fourth-order valence-corrected chi connectivity index (χ4v) is 2.52. The minimum absolute atomic E-state index is 0.108. The summed E-state index contributed by atoms with van der Waals surface area (Å²) in [6.45, 7) is 0.709. The van der Waals surface area contributed by atoms with E-state index in [2.05, 4.69) is 15.6 Å². The van der Waals surface area contributed by atoms with Gasteiger partial charge in [-0.25, -0.2) is 4.39 Å². The van der Waals surface area contributed by atoms with E-state index in [1.807, 2.05) is 24.3 Å². The van der Waals surface area contributed by atoms with E-state index in [0.717, 1.165) is 17.0 Å². The summed E-state index contributed by atoms with van der Waals surface area (Å²) in [6, 6.07) is 17.5. The number of methoxy groups -OCH3 is 1. The van der Waals surface area contributed by atoms with Gasteiger partial charge in [-0.05, 0) is 35.9 Å². The number of halogens is 1. The molecule has 0 unspecified atom stereocenters. The molecule has 0 atom stereocenters. The second kappa shape index (κ2) is 8.80. The van der Waals surface area contributed by atoms with E-state index in [1.165, 1.54) is 6.07 Å². The minimum Gasteiger partial charge on any atom is -0.497 e. The summed E-state index contributed by atoms with van der Waals surface area (Å²) < 4.78 is 18.8. The highest BCUT2D eigenvalue weighted by atomic mass is 19.1. The molecule has 27 heavy (non-hydrogen) atoms. The van der Waals surface area contributed by atoms with Crippen LogP contribution >= 0.6 is 0 Å². The van der Waals surface area contributed by atoms with Crippen LogP contribution in [0.3, 0.4) is 0 Å². The number of rotatable bonds is 7. The standard InChI is InChI=1S/C21H20FN3O2/c1-27-18-8-6-15(7-9-18)13-24-17-10-11-23-20(12-17)21(26)25-14-16-4-2-3-5-19(16)22/h2-12H,13-14H2,1H3,(H,23,24)(H,25,26). The minimum atomic E-state index is -0.355. The molecular weight excluding hydrogens is 345 g/mol. The monoisotopic (exact) mass is 365 g/mol. The van der Waals surface area contributed by atoms with Crippen molar-refractivity contribution in [3.05, 3.63) is 89.5 Å². The number of nitrogens with zero attached hydrogens (tertiary/aromatic N) is 1. The van der Waals surface area contributed by atoms with Crippen LogP contribution < -0.4 is 15.4 Å². The predicted octanol–water partition coefficient (Wildman–Crippen LogP) is 3.77. The molecule has 0 aliphatic rings. The average Bonchev–Trinajstić information content (AvgIpc) is 2.72. The Bertz CT molecular complexity index is 913. The van der Waals surface area contributed by atoms with E-state index < -0.39 is 0 Å². The van der Waals surface area contributed by atoms with Gasteiger partial charge in [0.2, 0.25) is 0 Å². The number of nitrogens with one attached hydrogen (secondary N) is 2. The van der Waals surface area contributed by atoms with Crippen LogP contribution in [0.4, 0.5) is 10.1 Å². The lowest BCUT2D eigenvalue weighted by Gasteiger charge is -2.09. The van der Waals surface area contributed by atoms with Crippen LogP contribution in [0.15, 0.2) is 66.9 Å². The highest BCUT2D eigenvalue weighted by Crippen LogP contribution is 2.14. The molecule has 0 radical (unpaired) electrons. The largest absolute Gasteiger partial charge is 0.497 e. The quantitative estimate of drug-likeness (QED) is 0.669. The summed E-state index contributed by atoms with van der Waals surface area (Å²) in [4.78, 5) is 16.4. The number of aromatic nitrogens is 1. The molecule has 3 rings (SSSR count). The molecular formula is C21H20FN3O2. The van der Waals surface area contributed by atoms with Gasteiger partial charge in [-0.1, -0.05) is 30.3 Å². The second-order valence-corrected chi connectivity index (χ2v) is 5.91. The molecule has 0 aliphatic heterocycles. The smallest absolute Gasteiger partial charge is 0.270 e. The maximum atomic E-state index is 13.6. The van der Waals surface area contributed by atoms with Crippen molar-refractivity contribution in [3.8, 4) is 5.75 Å². The first-order chi connectivity index (χ1) is 13.2. The van der Waals surface area contributed by atoms with E-state index >= 15 is 0 Å². The van der Waals surface area contributed by atoms with Crippen LogP contribution in [0.25, 0.3) is 0 Å². The Morgan fingerprint density at radius 2 is 1.85 bits per heavy atom. The van der Waals surface area contributed by atoms with Gasteiger partial charge in [0.05, 0.1) is 7.11 Å². The number of carbonyl (C=O) groups is 1. The summed E-state index contributed by atoms with van der Waals surface area (Å²) in [5.74, 6) is 0.100. The fourth-order valence-electron chi connectivity index (χ4n) is 2.52. The molecule has 1 amide bonds. The highest BCUT2D eigenvalue weighted by Gasteiger charge is 2.09. The Labute approximate surface area is 157 Å². The Morgan fingerprint density at radius 1 is 1.07 bits per heavy atom. The number of ether oxygens (including phenoxy) is 1. The lowest BCUT2D eigenvalue weighted by atomic mass is 10.2. The van der Waals surface area contributed by atoms with Crippen LogP contribution in [-0.2, 0) is 13.1 Å². The van der Waals surface area contributed by atoms with E-state index in [9.17, 15) is 9.18 Å². The Kier molecular flexibility index (Phi) is 5.99. The normalized spacial score (nSPS) is 10.3. The molecule has 0 aliphatic carbocycles. The molecule has 2 aromatic carbocycles. The van der Waals surface area contributed by atoms with Gasteiger partial charge < -0.3 is 15.4 Å². The highest BCUT2D eigenvalue weighted by molar-refractivity contribution is 5.93. The summed E-state index contributed by atoms with van der Waals surface area (Å²) >= 11 is 0. The van der Waals surface area contributed by atoms with Gasteiger partial charge in [0.15, 0.2) is 0 Å². The number of benzene rings is 2. The first kappa shape index (κ1) is 18.4. The van der Waals surface area contributed by atoms with Crippen LogP contribution in [0.5, 0.6) is 5.75 Å². The molecule has 1 aromatic heterocycles. The van der Waals surface area contributed by atoms with Crippen molar-refractivity contribution in [2.45, 2.75) is 13.1 Å². The van der Waals surface area contributed by atoms with Crippen LogP contribution in [0, 0.1) is 5.82 Å². The van der Waals surface area contributed by atoms with E-state index in [4.69, 9.17) is 4.74 Å². The van der Waals surface area contributed by atoms with Crippen molar-refractivity contribution in [1.29, 1.82) is 0 Å². The molecule has 6 heteroatoms. The summed E-state index contributed by atoms with van der Waals surface area (Å²) in [5.41, 5.74) is 2.56. The number of hydrogen-bond acceptors (Lipinski definition) is 4. The van der Waals surface area contributed by atoms with E-state index in [1.54, 1.807) is 43.6 Å². The summed E-state index contributed by atoms with van der Waals surface area (Å²) in [5, 5.41) is 5.94. The van der Waals surface area contributed by atoms with Crippen LogP contribution in [-0.4, -0.2) is 18.0 Å². The Morgan fingerprint density at radius 3 is 2.59 bits per heavy atom. The van der Waals surface area contributed by atoms with Crippen molar-refractivity contribution < 1.29 is 13.9 Å². The maximum absolute atomic E-state index is 13.6. The number of pyridine rings is 1. The SMILES string of the molecule is COc1ccc(CNc2ccnc(C(=O)NCc3ccccc3F)c2)cc1. The zero-order valence-corrected chi connectivity index (χ0v) is 14.9. The van der Waals surface area contributed by atoms with E-state index in [-0.39, 0.29) is 24.0 Å². The van der Waals surface area contributed by atoms with Crippen molar-refractivity contribution in [3.63, 3.8) is 0 Å². The molecule has 138 valence electrons. The molecule has 2 N–H and O–H groups in total. The van der Waals surface area contributed by atoms with Gasteiger partial charge in [0, 0.05) is 30.5 Å². The van der Waals surface area contributed by atoms with Crippen molar-refractivity contribution >= 4 is 11.6 Å². The second-order valence-electron chi connectivity index (χ2n) is 5.91.